The van der Waals surface area contributed by atoms with Gasteiger partial charge in [-0.3, -0.25) is 0 Å². The molecule has 5 heteroatoms. The van der Waals surface area contributed by atoms with Gasteiger partial charge >= 0.3 is 0 Å². The zero-order chi connectivity index (χ0) is 14.9. The van der Waals surface area contributed by atoms with Crippen molar-refractivity contribution >= 4 is 11.2 Å². The van der Waals surface area contributed by atoms with Crippen LogP contribution in [-0.4, -0.2) is 52.2 Å². The topological polar surface area (TPSA) is 46.0 Å². The molecule has 5 nitrogen and oxygen atoms in total. The predicted octanol–water partition coefficient (Wildman–Crippen LogP) is 1.68. The van der Waals surface area contributed by atoms with Crippen molar-refractivity contribution in [3.05, 3.63) is 24.2 Å². The van der Waals surface area contributed by atoms with E-state index in [9.17, 15) is 0 Å². The van der Waals surface area contributed by atoms with Gasteiger partial charge in [0, 0.05) is 31.7 Å². The number of hydrogen-bond acceptors (Lipinski definition) is 4. The van der Waals surface area contributed by atoms with Crippen LogP contribution in [0, 0.1) is 5.92 Å². The van der Waals surface area contributed by atoms with Gasteiger partial charge in [0.15, 0.2) is 5.65 Å². The van der Waals surface area contributed by atoms with Gasteiger partial charge in [0.1, 0.15) is 11.3 Å². The summed E-state index contributed by atoms with van der Waals surface area (Å²) < 4.78 is 2.37. The molecule has 2 aliphatic rings. The van der Waals surface area contributed by atoms with Crippen LogP contribution >= 0.6 is 0 Å². The van der Waals surface area contributed by atoms with Crippen LogP contribution in [0.25, 0.3) is 11.2 Å². The normalized spacial score (nSPS) is 26.2. The van der Waals surface area contributed by atoms with Crippen LogP contribution < -0.4 is 5.32 Å². The van der Waals surface area contributed by atoms with Crippen molar-refractivity contribution in [2.45, 2.75) is 38.3 Å². The first-order chi connectivity index (χ1) is 10.8. The smallest absolute Gasteiger partial charge is 0.160 e. The Bertz CT molecular complexity index is 644. The van der Waals surface area contributed by atoms with Gasteiger partial charge in [-0.25, -0.2) is 9.97 Å². The summed E-state index contributed by atoms with van der Waals surface area (Å²) in [7, 11) is 2.22. The summed E-state index contributed by atoms with van der Waals surface area (Å²) in [6.07, 6.45) is 6.80. The lowest BCUT2D eigenvalue weighted by Crippen LogP contribution is -2.28. The first-order valence-electron chi connectivity index (χ1n) is 8.51. The molecular formula is C17H25N5. The highest BCUT2D eigenvalue weighted by atomic mass is 15.2. The summed E-state index contributed by atoms with van der Waals surface area (Å²) >= 11 is 0. The van der Waals surface area contributed by atoms with E-state index in [1.165, 1.54) is 38.2 Å². The molecule has 0 bridgehead atoms. The molecule has 2 saturated heterocycles. The number of aromatic nitrogens is 3. The van der Waals surface area contributed by atoms with Gasteiger partial charge < -0.3 is 14.8 Å². The molecule has 0 aliphatic carbocycles. The average Bonchev–Trinajstić information content (AvgIpc) is 3.23. The van der Waals surface area contributed by atoms with Gasteiger partial charge in [0.05, 0.1) is 0 Å². The minimum absolute atomic E-state index is 0.574. The van der Waals surface area contributed by atoms with Crippen molar-refractivity contribution in [1.82, 2.24) is 24.8 Å². The lowest BCUT2D eigenvalue weighted by molar-refractivity contribution is 0.390. The minimum Gasteiger partial charge on any atom is -0.312 e. The molecule has 118 valence electrons. The van der Waals surface area contributed by atoms with Gasteiger partial charge in [-0.05, 0) is 57.5 Å². The Kier molecular flexibility index (Phi) is 3.84. The maximum atomic E-state index is 4.90. The third kappa shape index (κ3) is 2.75. The number of nitrogens with zero attached hydrogens (tertiary/aromatic N) is 4. The fourth-order valence-corrected chi connectivity index (χ4v) is 3.94. The van der Waals surface area contributed by atoms with Crippen molar-refractivity contribution in [3.8, 4) is 0 Å². The average molecular weight is 299 g/mol. The van der Waals surface area contributed by atoms with Crippen molar-refractivity contribution in [2.24, 2.45) is 5.92 Å². The standard InChI is InChI=1S/C17H25N5/c1-21-9-6-13(11-21)10-16-20-15-5-3-8-19-17(15)22(16)12-14-4-2-7-18-14/h3,5,8,13-14,18H,2,4,6-7,9-12H2,1H3. The summed E-state index contributed by atoms with van der Waals surface area (Å²) in [6.45, 7) is 4.56. The molecular weight excluding hydrogens is 274 g/mol. The van der Waals surface area contributed by atoms with Crippen LogP contribution in [0.3, 0.4) is 0 Å². The number of hydrogen-bond donors (Lipinski definition) is 1. The molecule has 2 aromatic rings. The van der Waals surface area contributed by atoms with Gasteiger partial charge in [-0.15, -0.1) is 0 Å². The second-order valence-corrected chi connectivity index (χ2v) is 6.90. The summed E-state index contributed by atoms with van der Waals surface area (Å²) in [4.78, 5) is 11.9. The van der Waals surface area contributed by atoms with Crippen LogP contribution in [0.15, 0.2) is 18.3 Å². The fraction of sp³-hybridized carbons (Fsp3) is 0.647. The van der Waals surface area contributed by atoms with Crippen LogP contribution in [0.5, 0.6) is 0 Å². The molecule has 2 unspecified atom stereocenters. The SMILES string of the molecule is CN1CCC(Cc2nc3cccnc3n2CC2CCCN2)C1. The van der Waals surface area contributed by atoms with Gasteiger partial charge in [-0.1, -0.05) is 0 Å². The number of likely N-dealkylation sites (tertiary alicyclic amines) is 1. The van der Waals surface area contributed by atoms with Crippen molar-refractivity contribution in [1.29, 1.82) is 0 Å². The zero-order valence-corrected chi connectivity index (χ0v) is 13.3. The highest BCUT2D eigenvalue weighted by Gasteiger charge is 2.24. The molecule has 2 fully saturated rings. The number of rotatable bonds is 4. The molecule has 2 atom stereocenters. The Morgan fingerprint density at radius 2 is 2.32 bits per heavy atom. The van der Waals surface area contributed by atoms with E-state index in [4.69, 9.17) is 4.98 Å². The fourth-order valence-electron chi connectivity index (χ4n) is 3.94. The van der Waals surface area contributed by atoms with Crippen molar-refractivity contribution in [2.75, 3.05) is 26.7 Å². The number of imidazole rings is 1. The predicted molar refractivity (Wildman–Crippen MR) is 87.9 cm³/mol. The van der Waals surface area contributed by atoms with Gasteiger partial charge in [0.25, 0.3) is 0 Å². The Balaban J connectivity index is 1.63. The third-order valence-electron chi connectivity index (χ3n) is 5.11. The number of nitrogens with one attached hydrogen (secondary N) is 1. The highest BCUT2D eigenvalue weighted by Crippen LogP contribution is 2.23. The Morgan fingerprint density at radius 1 is 1.36 bits per heavy atom. The Morgan fingerprint density at radius 3 is 3.09 bits per heavy atom. The largest absolute Gasteiger partial charge is 0.312 e. The van der Waals surface area contributed by atoms with E-state index in [1.807, 2.05) is 12.3 Å². The molecule has 0 amide bonds. The molecule has 2 aliphatic heterocycles. The number of pyridine rings is 1. The van der Waals surface area contributed by atoms with E-state index >= 15 is 0 Å². The molecule has 4 heterocycles. The lowest BCUT2D eigenvalue weighted by atomic mass is 10.0. The lowest BCUT2D eigenvalue weighted by Gasteiger charge is -2.16. The van der Waals surface area contributed by atoms with Crippen LogP contribution in [0.2, 0.25) is 0 Å². The summed E-state index contributed by atoms with van der Waals surface area (Å²) in [5.74, 6) is 1.96. The number of fused-ring (bicyclic) bond motifs is 1. The minimum atomic E-state index is 0.574. The molecule has 0 saturated carbocycles. The molecule has 4 rings (SSSR count). The summed E-state index contributed by atoms with van der Waals surface area (Å²) in [6, 6.07) is 4.65. The molecule has 22 heavy (non-hydrogen) atoms. The Hall–Kier alpha value is -1.46. The first-order valence-corrected chi connectivity index (χ1v) is 8.51. The van der Waals surface area contributed by atoms with Crippen molar-refractivity contribution in [3.63, 3.8) is 0 Å². The van der Waals surface area contributed by atoms with E-state index < -0.39 is 0 Å². The molecule has 0 aromatic carbocycles. The monoisotopic (exact) mass is 299 g/mol. The van der Waals surface area contributed by atoms with Gasteiger partial charge in [0.2, 0.25) is 0 Å². The van der Waals surface area contributed by atoms with E-state index in [1.54, 1.807) is 0 Å². The second kappa shape index (κ2) is 5.97. The van der Waals surface area contributed by atoms with E-state index in [2.05, 4.69) is 32.9 Å². The molecule has 0 spiro atoms. The van der Waals surface area contributed by atoms with Crippen LogP contribution in [-0.2, 0) is 13.0 Å². The van der Waals surface area contributed by atoms with Crippen molar-refractivity contribution < 1.29 is 0 Å². The molecule has 2 aromatic heterocycles. The second-order valence-electron chi connectivity index (χ2n) is 6.90. The quantitative estimate of drug-likeness (QED) is 0.933. The first kappa shape index (κ1) is 14.2. The van der Waals surface area contributed by atoms with E-state index in [0.29, 0.717) is 6.04 Å². The Labute approximate surface area is 131 Å². The molecule has 0 radical (unpaired) electrons. The molecule has 1 N–H and O–H groups in total. The highest BCUT2D eigenvalue weighted by molar-refractivity contribution is 5.71. The van der Waals surface area contributed by atoms with Crippen LogP contribution in [0.4, 0.5) is 0 Å². The zero-order valence-electron chi connectivity index (χ0n) is 13.3. The van der Waals surface area contributed by atoms with Crippen LogP contribution in [0.1, 0.15) is 25.1 Å². The maximum Gasteiger partial charge on any atom is 0.160 e. The summed E-state index contributed by atoms with van der Waals surface area (Å²) in [5, 5.41) is 3.60. The van der Waals surface area contributed by atoms with E-state index in [-0.39, 0.29) is 0 Å². The third-order valence-corrected chi connectivity index (χ3v) is 5.11. The maximum absolute atomic E-state index is 4.90. The summed E-state index contributed by atoms with van der Waals surface area (Å²) in [5.41, 5.74) is 2.10. The van der Waals surface area contributed by atoms with E-state index in [0.717, 1.165) is 36.6 Å². The van der Waals surface area contributed by atoms with Gasteiger partial charge in [-0.2, -0.15) is 0 Å².